The van der Waals surface area contributed by atoms with Gasteiger partial charge in [-0.3, -0.25) is 9.78 Å². The molecule has 0 aromatic carbocycles. The Morgan fingerprint density at radius 2 is 1.95 bits per heavy atom. The van der Waals surface area contributed by atoms with E-state index in [9.17, 15) is 9.59 Å². The van der Waals surface area contributed by atoms with Gasteiger partial charge in [-0.25, -0.2) is 9.78 Å². The van der Waals surface area contributed by atoms with Crippen molar-refractivity contribution in [3.8, 4) is 11.5 Å². The van der Waals surface area contributed by atoms with Gasteiger partial charge in [0.25, 0.3) is 5.91 Å². The molecule has 0 unspecified atom stereocenters. The number of fused-ring (bicyclic) bond motifs is 2. The summed E-state index contributed by atoms with van der Waals surface area (Å²) in [7, 11) is 0. The van der Waals surface area contributed by atoms with Gasteiger partial charge in [-0.15, -0.1) is 10.2 Å². The number of nitrogens with one attached hydrogen (secondary N) is 1. The lowest BCUT2D eigenvalue weighted by Gasteiger charge is -2.29. The molecule has 1 saturated carbocycles. The molecule has 1 N–H and O–H groups in total. The number of aromatic nitrogens is 5. The third kappa shape index (κ3) is 4.56. The molecule has 10 heteroatoms. The molecule has 3 aliphatic rings. The van der Waals surface area contributed by atoms with E-state index in [4.69, 9.17) is 4.74 Å². The van der Waals surface area contributed by atoms with Gasteiger partial charge in [-0.2, -0.15) is 0 Å². The van der Waals surface area contributed by atoms with Crippen LogP contribution in [0.1, 0.15) is 73.4 Å². The first-order valence-electron chi connectivity index (χ1n) is 13.0. The van der Waals surface area contributed by atoms with Crippen molar-refractivity contribution in [1.82, 2.24) is 29.6 Å². The van der Waals surface area contributed by atoms with E-state index >= 15 is 0 Å². The van der Waals surface area contributed by atoms with Crippen LogP contribution in [0.4, 0.5) is 10.6 Å². The molecule has 0 spiro atoms. The van der Waals surface area contributed by atoms with Gasteiger partial charge in [0.1, 0.15) is 29.1 Å². The summed E-state index contributed by atoms with van der Waals surface area (Å²) < 4.78 is 7.81. The summed E-state index contributed by atoms with van der Waals surface area (Å²) in [6.07, 6.45) is 8.17. The Hall–Kier alpha value is -3.82. The van der Waals surface area contributed by atoms with Crippen LogP contribution >= 0.6 is 0 Å². The van der Waals surface area contributed by atoms with Crippen LogP contribution in [0.2, 0.25) is 0 Å². The molecule has 0 saturated heterocycles. The monoisotopic (exact) mass is 501 g/mol. The number of rotatable bonds is 4. The summed E-state index contributed by atoms with van der Waals surface area (Å²) in [5, 5.41) is 11.6. The minimum absolute atomic E-state index is 0.0285. The van der Waals surface area contributed by atoms with E-state index in [1.54, 1.807) is 23.2 Å². The van der Waals surface area contributed by atoms with Crippen molar-refractivity contribution in [1.29, 1.82) is 0 Å². The third-order valence-electron chi connectivity index (χ3n) is 7.67. The number of pyridine rings is 2. The smallest absolute Gasteiger partial charge is 0.410 e. The predicted octanol–water partition coefficient (Wildman–Crippen LogP) is 4.11. The molecule has 3 aromatic heterocycles. The van der Waals surface area contributed by atoms with E-state index in [0.717, 1.165) is 55.5 Å². The number of nitrogens with zero attached hydrogens (tertiary/aromatic N) is 6. The summed E-state index contributed by atoms with van der Waals surface area (Å²) in [5.41, 5.74) is 2.81. The number of carbonyl (C=O) groups excluding carboxylic acids is 2. The number of hydrogen-bond acceptors (Lipinski definition) is 7. The Kier molecular flexibility index (Phi) is 5.89. The average Bonchev–Trinajstić information content (AvgIpc) is 3.63. The molecule has 0 radical (unpaired) electrons. The zero-order valence-electron chi connectivity index (χ0n) is 21.2. The first-order valence-corrected chi connectivity index (χ1v) is 13.0. The number of anilines is 1. The molecule has 0 bridgehead atoms. The third-order valence-corrected chi connectivity index (χ3v) is 7.67. The van der Waals surface area contributed by atoms with Crippen LogP contribution in [-0.4, -0.2) is 54.3 Å². The molecule has 0 atom stereocenters. The normalized spacial score (nSPS) is 18.4. The van der Waals surface area contributed by atoms with E-state index in [-0.39, 0.29) is 29.3 Å². The molecule has 2 aliphatic heterocycles. The van der Waals surface area contributed by atoms with Gasteiger partial charge in [0.15, 0.2) is 5.82 Å². The molecular weight excluding hydrogens is 470 g/mol. The second-order valence-electron chi connectivity index (χ2n) is 10.7. The minimum Gasteiger partial charge on any atom is -0.446 e. The highest BCUT2D eigenvalue weighted by Gasteiger charge is 2.34. The predicted molar refractivity (Wildman–Crippen MR) is 136 cm³/mol. The van der Waals surface area contributed by atoms with Gasteiger partial charge in [0.2, 0.25) is 0 Å². The van der Waals surface area contributed by atoms with Crippen LogP contribution in [0.3, 0.4) is 0 Å². The standard InChI is InChI=1S/C27H31N7O3/c1-27(2)12-10-23-31-32-24(34(23)27)20-8-5-9-22(29-20)30-25(35)21-14-18-16-33(13-11-17(18)15-28-21)26(36)37-19-6-3-4-7-19/h5,8-9,14-15,19H,3-4,6-7,10-13,16H2,1-2H3,(H,29,30,35). The highest BCUT2D eigenvalue weighted by Crippen LogP contribution is 2.35. The van der Waals surface area contributed by atoms with Crippen LogP contribution in [0, 0.1) is 0 Å². The Morgan fingerprint density at radius 1 is 1.11 bits per heavy atom. The lowest BCUT2D eigenvalue weighted by Crippen LogP contribution is -2.38. The fourth-order valence-corrected chi connectivity index (χ4v) is 5.56. The molecule has 192 valence electrons. The SMILES string of the molecule is CC1(C)CCc2nnc(-c3cccc(NC(=O)c4cc5c(cn4)CCN(C(=O)OC4CCCC4)C5)n3)n21. The molecule has 1 fully saturated rings. The topological polar surface area (TPSA) is 115 Å². The van der Waals surface area contributed by atoms with Gasteiger partial charge in [0.05, 0.1) is 0 Å². The maximum Gasteiger partial charge on any atom is 0.410 e. The van der Waals surface area contributed by atoms with Gasteiger partial charge in [-0.05, 0) is 81.7 Å². The van der Waals surface area contributed by atoms with Crippen LogP contribution in [0.5, 0.6) is 0 Å². The number of ether oxygens (including phenoxy) is 1. The number of amides is 2. The van der Waals surface area contributed by atoms with Crippen LogP contribution in [0.25, 0.3) is 11.5 Å². The molecule has 37 heavy (non-hydrogen) atoms. The summed E-state index contributed by atoms with van der Waals surface area (Å²) in [6.45, 7) is 5.33. The summed E-state index contributed by atoms with van der Waals surface area (Å²) in [6, 6.07) is 7.22. The summed E-state index contributed by atoms with van der Waals surface area (Å²) >= 11 is 0. The van der Waals surface area contributed by atoms with Crippen molar-refractivity contribution in [2.45, 2.75) is 77.0 Å². The maximum atomic E-state index is 13.1. The van der Waals surface area contributed by atoms with Crippen LogP contribution < -0.4 is 5.32 Å². The zero-order chi connectivity index (χ0) is 25.6. The summed E-state index contributed by atoms with van der Waals surface area (Å²) in [5.74, 6) is 1.71. The van der Waals surface area contributed by atoms with Crippen molar-refractivity contribution in [3.63, 3.8) is 0 Å². The maximum absolute atomic E-state index is 13.1. The van der Waals surface area contributed by atoms with Gasteiger partial charge in [-0.1, -0.05) is 6.07 Å². The zero-order valence-corrected chi connectivity index (χ0v) is 21.2. The molecule has 10 nitrogen and oxygen atoms in total. The van der Waals surface area contributed by atoms with Crippen molar-refractivity contribution in [3.05, 3.63) is 53.1 Å². The quantitative estimate of drug-likeness (QED) is 0.572. The molecule has 6 rings (SSSR count). The van der Waals surface area contributed by atoms with Gasteiger partial charge < -0.3 is 19.5 Å². The number of hydrogen-bond donors (Lipinski definition) is 1. The van der Waals surface area contributed by atoms with Gasteiger partial charge in [0, 0.05) is 31.2 Å². The Bertz CT molecular complexity index is 1360. The minimum atomic E-state index is -0.357. The second-order valence-corrected chi connectivity index (χ2v) is 10.7. The summed E-state index contributed by atoms with van der Waals surface area (Å²) in [4.78, 5) is 36.5. The first kappa shape index (κ1) is 23.6. The highest BCUT2D eigenvalue weighted by molar-refractivity contribution is 6.02. The lowest BCUT2D eigenvalue weighted by atomic mass is 10.0. The van der Waals surface area contributed by atoms with Crippen LogP contribution in [-0.2, 0) is 29.7 Å². The molecular formula is C27H31N7O3. The van der Waals surface area contributed by atoms with E-state index in [0.29, 0.717) is 36.8 Å². The van der Waals surface area contributed by atoms with E-state index < -0.39 is 0 Å². The largest absolute Gasteiger partial charge is 0.446 e. The Labute approximate surface area is 215 Å². The van der Waals surface area contributed by atoms with Crippen molar-refractivity contribution in [2.75, 3.05) is 11.9 Å². The molecule has 3 aromatic rings. The fourth-order valence-electron chi connectivity index (χ4n) is 5.56. The fraction of sp³-hybridized carbons (Fsp3) is 0.481. The van der Waals surface area contributed by atoms with Crippen LogP contribution in [0.15, 0.2) is 30.5 Å². The first-order chi connectivity index (χ1) is 17.9. The average molecular weight is 502 g/mol. The van der Waals surface area contributed by atoms with E-state index in [2.05, 4.69) is 43.9 Å². The van der Waals surface area contributed by atoms with Crippen molar-refractivity contribution in [2.24, 2.45) is 0 Å². The van der Waals surface area contributed by atoms with E-state index in [1.807, 2.05) is 12.1 Å². The highest BCUT2D eigenvalue weighted by atomic mass is 16.6. The lowest BCUT2D eigenvalue weighted by molar-refractivity contribution is 0.0618. The molecule has 2 amide bonds. The van der Waals surface area contributed by atoms with E-state index in [1.165, 1.54) is 0 Å². The second kappa shape index (κ2) is 9.24. The van der Waals surface area contributed by atoms with Gasteiger partial charge >= 0.3 is 6.09 Å². The number of carbonyl (C=O) groups is 2. The molecule has 1 aliphatic carbocycles. The Balaban J connectivity index is 1.16. The number of aryl methyl sites for hydroxylation is 1. The molecule has 5 heterocycles. The Morgan fingerprint density at radius 3 is 2.78 bits per heavy atom. The van der Waals surface area contributed by atoms with Crippen molar-refractivity contribution >= 4 is 17.8 Å². The van der Waals surface area contributed by atoms with Crippen molar-refractivity contribution < 1.29 is 14.3 Å².